The lowest BCUT2D eigenvalue weighted by Crippen LogP contribution is -2.04. The van der Waals surface area contributed by atoms with Crippen molar-refractivity contribution < 1.29 is 0 Å². The maximum Gasteiger partial charge on any atom is 0.127 e. The van der Waals surface area contributed by atoms with Crippen LogP contribution in [-0.2, 0) is 6.54 Å². The summed E-state index contributed by atoms with van der Waals surface area (Å²) in [5.41, 5.74) is 3.77. The van der Waals surface area contributed by atoms with Gasteiger partial charge in [0.05, 0.1) is 11.6 Å². The zero-order chi connectivity index (χ0) is 13.0. The highest BCUT2D eigenvalue weighted by molar-refractivity contribution is 5.45. The number of hydrogen-bond donors (Lipinski definition) is 1. The Balaban J connectivity index is 2.14. The normalized spacial score (nSPS) is 9.83. The molecule has 0 aliphatic carbocycles. The van der Waals surface area contributed by atoms with Crippen molar-refractivity contribution in [1.29, 1.82) is 5.26 Å². The molecule has 0 bridgehead atoms. The topological polar surface area (TPSA) is 61.6 Å². The number of pyridine rings is 2. The van der Waals surface area contributed by atoms with Crippen LogP contribution in [-0.4, -0.2) is 9.97 Å². The summed E-state index contributed by atoms with van der Waals surface area (Å²) in [6, 6.07) is 7.62. The Labute approximate surface area is 106 Å². The number of nitriles is 1. The van der Waals surface area contributed by atoms with Crippen LogP contribution >= 0.6 is 0 Å². The van der Waals surface area contributed by atoms with Gasteiger partial charge in [0.15, 0.2) is 0 Å². The molecule has 2 heterocycles. The van der Waals surface area contributed by atoms with Crippen LogP contribution < -0.4 is 5.32 Å². The molecule has 0 unspecified atom stereocenters. The number of aromatic nitrogens is 2. The van der Waals surface area contributed by atoms with Gasteiger partial charge in [0.1, 0.15) is 5.82 Å². The molecule has 0 fully saturated rings. The molecule has 0 radical (unpaired) electrons. The van der Waals surface area contributed by atoms with E-state index in [4.69, 9.17) is 5.26 Å². The Morgan fingerprint density at radius 2 is 2.17 bits per heavy atom. The van der Waals surface area contributed by atoms with Crippen molar-refractivity contribution in [2.45, 2.75) is 20.4 Å². The minimum absolute atomic E-state index is 0.622. The molecule has 18 heavy (non-hydrogen) atoms. The molecule has 90 valence electrons. The quantitative estimate of drug-likeness (QED) is 0.892. The van der Waals surface area contributed by atoms with Crippen LogP contribution in [0.3, 0.4) is 0 Å². The summed E-state index contributed by atoms with van der Waals surface area (Å²) in [7, 11) is 0. The number of anilines is 1. The minimum Gasteiger partial charge on any atom is -0.366 e. The third-order valence-electron chi connectivity index (χ3n) is 2.68. The molecule has 0 atom stereocenters. The summed E-state index contributed by atoms with van der Waals surface area (Å²) in [4.78, 5) is 8.40. The van der Waals surface area contributed by atoms with Gasteiger partial charge in [0.25, 0.3) is 0 Å². The Bertz CT molecular complexity index is 599. The van der Waals surface area contributed by atoms with Gasteiger partial charge in [-0.25, -0.2) is 4.98 Å². The van der Waals surface area contributed by atoms with Gasteiger partial charge >= 0.3 is 0 Å². The molecular formula is C14H14N4. The molecule has 1 N–H and O–H groups in total. The number of nitrogens with zero attached hydrogens (tertiary/aromatic N) is 3. The molecule has 0 aliphatic rings. The molecule has 0 aliphatic heterocycles. The Morgan fingerprint density at radius 3 is 2.89 bits per heavy atom. The highest BCUT2D eigenvalue weighted by Gasteiger charge is 2.01. The van der Waals surface area contributed by atoms with Crippen LogP contribution in [0.4, 0.5) is 5.82 Å². The minimum atomic E-state index is 0.622. The summed E-state index contributed by atoms with van der Waals surface area (Å²) < 4.78 is 0. The molecule has 2 rings (SSSR count). The van der Waals surface area contributed by atoms with E-state index in [9.17, 15) is 0 Å². The Morgan fingerprint density at radius 1 is 1.33 bits per heavy atom. The fourth-order valence-electron chi connectivity index (χ4n) is 1.71. The van der Waals surface area contributed by atoms with Gasteiger partial charge in [0, 0.05) is 24.6 Å². The maximum absolute atomic E-state index is 8.90. The van der Waals surface area contributed by atoms with E-state index in [2.05, 4.69) is 21.4 Å². The van der Waals surface area contributed by atoms with E-state index >= 15 is 0 Å². The van der Waals surface area contributed by atoms with Gasteiger partial charge in [-0.3, -0.25) is 4.98 Å². The first-order chi connectivity index (χ1) is 8.69. The van der Waals surface area contributed by atoms with Crippen LogP contribution in [0.1, 0.15) is 22.4 Å². The summed E-state index contributed by atoms with van der Waals surface area (Å²) >= 11 is 0. The Kier molecular flexibility index (Phi) is 3.54. The van der Waals surface area contributed by atoms with E-state index in [-0.39, 0.29) is 0 Å². The molecule has 4 nitrogen and oxygen atoms in total. The summed E-state index contributed by atoms with van der Waals surface area (Å²) in [6.07, 6.45) is 3.61. The summed E-state index contributed by atoms with van der Waals surface area (Å²) in [6.45, 7) is 4.58. The van der Waals surface area contributed by atoms with Crippen LogP contribution in [0.25, 0.3) is 0 Å². The van der Waals surface area contributed by atoms with Gasteiger partial charge in [-0.1, -0.05) is 0 Å². The van der Waals surface area contributed by atoms with Crippen LogP contribution in [0.5, 0.6) is 0 Å². The van der Waals surface area contributed by atoms with Gasteiger partial charge in [0.2, 0.25) is 0 Å². The lowest BCUT2D eigenvalue weighted by molar-refractivity contribution is 1.06. The highest BCUT2D eigenvalue weighted by atomic mass is 15.0. The van der Waals surface area contributed by atoms with Crippen LogP contribution in [0.15, 0.2) is 30.6 Å². The third-order valence-corrected chi connectivity index (χ3v) is 2.68. The zero-order valence-electron chi connectivity index (χ0n) is 10.4. The number of aryl methyl sites for hydroxylation is 2. The average Bonchev–Trinajstić information content (AvgIpc) is 2.37. The molecule has 0 spiro atoms. The standard InChI is InChI=1S/C14H14N4/c1-10-8-16-4-3-13(10)9-17-14-6-12(7-15)5-11(2)18-14/h3-6,8H,9H2,1-2H3,(H,17,18). The van der Waals surface area contributed by atoms with Crippen LogP contribution in [0.2, 0.25) is 0 Å². The van der Waals surface area contributed by atoms with Gasteiger partial charge in [-0.2, -0.15) is 5.26 Å². The lowest BCUT2D eigenvalue weighted by Gasteiger charge is -2.08. The molecular weight excluding hydrogens is 224 g/mol. The predicted octanol–water partition coefficient (Wildman–Crippen LogP) is 2.58. The van der Waals surface area contributed by atoms with Crippen molar-refractivity contribution in [2.24, 2.45) is 0 Å². The van der Waals surface area contributed by atoms with Crippen molar-refractivity contribution in [3.05, 3.63) is 53.0 Å². The van der Waals surface area contributed by atoms with Crippen molar-refractivity contribution in [1.82, 2.24) is 9.97 Å². The maximum atomic E-state index is 8.90. The Hall–Kier alpha value is -2.41. The first-order valence-electron chi connectivity index (χ1n) is 5.71. The number of hydrogen-bond acceptors (Lipinski definition) is 4. The van der Waals surface area contributed by atoms with Gasteiger partial charge in [-0.15, -0.1) is 0 Å². The van der Waals surface area contributed by atoms with Crippen molar-refractivity contribution >= 4 is 5.82 Å². The molecule has 2 aromatic rings. The number of nitrogens with one attached hydrogen (secondary N) is 1. The molecule has 4 heteroatoms. The van der Waals surface area contributed by atoms with Gasteiger partial charge < -0.3 is 5.32 Å². The summed E-state index contributed by atoms with van der Waals surface area (Å²) in [5, 5.41) is 12.1. The number of rotatable bonds is 3. The molecule has 0 amide bonds. The fraction of sp³-hybridized carbons (Fsp3) is 0.214. The largest absolute Gasteiger partial charge is 0.366 e. The zero-order valence-corrected chi connectivity index (χ0v) is 10.4. The molecule has 0 aromatic carbocycles. The first-order valence-corrected chi connectivity index (χ1v) is 5.71. The second kappa shape index (κ2) is 5.28. The van der Waals surface area contributed by atoms with E-state index in [0.717, 1.165) is 17.1 Å². The molecule has 0 saturated heterocycles. The third kappa shape index (κ3) is 2.83. The smallest absolute Gasteiger partial charge is 0.127 e. The predicted molar refractivity (Wildman–Crippen MR) is 70.0 cm³/mol. The molecule has 2 aromatic heterocycles. The average molecular weight is 238 g/mol. The van der Waals surface area contributed by atoms with Crippen molar-refractivity contribution in [2.75, 3.05) is 5.32 Å². The second-order valence-corrected chi connectivity index (χ2v) is 4.15. The van der Waals surface area contributed by atoms with Crippen molar-refractivity contribution in [3.63, 3.8) is 0 Å². The van der Waals surface area contributed by atoms with E-state index < -0.39 is 0 Å². The first kappa shape index (κ1) is 12.1. The monoisotopic (exact) mass is 238 g/mol. The highest BCUT2D eigenvalue weighted by Crippen LogP contribution is 2.12. The van der Waals surface area contributed by atoms with Crippen molar-refractivity contribution in [3.8, 4) is 6.07 Å². The summed E-state index contributed by atoms with van der Waals surface area (Å²) in [5.74, 6) is 0.725. The van der Waals surface area contributed by atoms with E-state index in [0.29, 0.717) is 12.1 Å². The second-order valence-electron chi connectivity index (χ2n) is 4.15. The van der Waals surface area contributed by atoms with E-state index in [1.807, 2.05) is 26.1 Å². The lowest BCUT2D eigenvalue weighted by atomic mass is 10.1. The van der Waals surface area contributed by atoms with E-state index in [1.165, 1.54) is 5.56 Å². The molecule has 0 saturated carbocycles. The fourth-order valence-corrected chi connectivity index (χ4v) is 1.71. The van der Waals surface area contributed by atoms with E-state index in [1.54, 1.807) is 18.3 Å². The van der Waals surface area contributed by atoms with Gasteiger partial charge in [-0.05, 0) is 43.2 Å². The SMILES string of the molecule is Cc1cc(C#N)cc(NCc2ccncc2C)n1. The van der Waals surface area contributed by atoms with Crippen LogP contribution in [0, 0.1) is 25.2 Å².